The van der Waals surface area contributed by atoms with E-state index in [0.29, 0.717) is 51.4 Å². The van der Waals surface area contributed by atoms with Crippen LogP contribution in [-0.4, -0.2) is 340 Å². The maximum atomic E-state index is 16.7. The van der Waals surface area contributed by atoms with Gasteiger partial charge < -0.3 is 0 Å². The number of hydrogen-bond acceptors (Lipinski definition) is 12. The average molecular weight is 1210 g/mol. The lowest BCUT2D eigenvalue weighted by atomic mass is 9.75. The van der Waals surface area contributed by atoms with E-state index in [2.05, 4.69) is 0 Å². The second-order valence-corrected chi connectivity index (χ2v) is 28.7. The first-order valence-electron chi connectivity index (χ1n) is 31.5. The van der Waals surface area contributed by atoms with Crippen molar-refractivity contribution in [1.29, 1.82) is 0 Å². The fourth-order valence-corrected chi connectivity index (χ4v) is 24.4. The van der Waals surface area contributed by atoms with E-state index in [1.165, 1.54) is 39.2 Å². The van der Waals surface area contributed by atoms with Crippen molar-refractivity contribution < 1.29 is 57.5 Å². The van der Waals surface area contributed by atoms with E-state index in [0.717, 1.165) is 0 Å². The Morgan fingerprint density at radius 1 is 0.170 bits per heavy atom. The van der Waals surface area contributed by atoms with Gasteiger partial charge in [0.25, 0.3) is 0 Å². The minimum atomic E-state index is -1.61. The summed E-state index contributed by atoms with van der Waals surface area (Å²) in [6.07, 6.45) is 0.959. The smallest absolute Gasteiger partial charge is 0.282 e. The molecule has 0 aromatic heterocycles. The third kappa shape index (κ3) is 3.81. The van der Waals surface area contributed by atoms with Gasteiger partial charge in [-0.2, -0.15) is 0 Å². The summed E-state index contributed by atoms with van der Waals surface area (Å²) in [5, 5.41) is 0. The zero-order valence-electron chi connectivity index (χ0n) is 47.7. The molecule has 36 nitrogen and oxygen atoms in total. The third-order valence-corrected chi connectivity index (χ3v) is 27.1. The normalized spacial score (nSPS) is 45.0. The highest BCUT2D eigenvalue weighted by Gasteiger charge is 2.90. The molecule has 460 valence electrons. The second-order valence-electron chi connectivity index (χ2n) is 28.7. The van der Waals surface area contributed by atoms with Crippen molar-refractivity contribution in [2.24, 2.45) is 0 Å². The van der Waals surface area contributed by atoms with Crippen LogP contribution in [0.25, 0.3) is 0 Å². The van der Waals surface area contributed by atoms with E-state index < -0.39 is 222 Å². The lowest BCUT2D eigenvalue weighted by Gasteiger charge is -2.59. The largest absolute Gasteiger partial charge is 0.326 e. The summed E-state index contributed by atoms with van der Waals surface area (Å²) < 4.78 is 0. The third-order valence-electron chi connectivity index (χ3n) is 27.1. The number of carbonyl (C=O) groups is 12. The van der Waals surface area contributed by atoms with Crippen molar-refractivity contribution in [1.82, 2.24) is 118 Å². The van der Waals surface area contributed by atoms with Crippen LogP contribution in [0.5, 0.6) is 0 Å². The minimum absolute atomic E-state index is 0.192. The van der Waals surface area contributed by atoms with Crippen molar-refractivity contribution >= 4 is 72.4 Å². The molecule has 18 heterocycles. The Balaban J connectivity index is 0.800. The maximum Gasteiger partial charge on any atom is 0.326 e. The predicted octanol–water partition coefficient (Wildman–Crippen LogP) is -0.406. The lowest BCUT2D eigenvalue weighted by molar-refractivity contribution is -0.188. The molecule has 88 heavy (non-hydrogen) atoms. The van der Waals surface area contributed by atoms with Crippen LogP contribution in [0, 0.1) is 0 Å². The highest BCUT2D eigenvalue weighted by Crippen LogP contribution is 2.69. The molecular formula is C52H60N24O12. The van der Waals surface area contributed by atoms with Crippen LogP contribution in [0.3, 0.4) is 0 Å². The number of carbonyl (C=O) groups excluding carboxylic acids is 12. The Kier molecular flexibility index (Phi) is 7.16. The van der Waals surface area contributed by atoms with E-state index in [1.807, 2.05) is 0 Å². The Bertz CT molecular complexity index is 3300. The number of nitrogens with zero attached hydrogens (tertiary/aromatic N) is 24. The fraction of sp³-hybridized carbons (Fsp3) is 0.769. The summed E-state index contributed by atoms with van der Waals surface area (Å²) in [6, 6.07) is -7.01. The number of urea groups is 12. The zero-order chi connectivity index (χ0) is 58.9. The molecule has 4 saturated carbocycles. The van der Waals surface area contributed by atoms with Crippen LogP contribution in [0.1, 0.15) is 103 Å². The van der Waals surface area contributed by atoms with E-state index in [9.17, 15) is 0 Å². The molecule has 22 aliphatic rings. The van der Waals surface area contributed by atoms with Gasteiger partial charge in [-0.05, 0) is 103 Å². The van der Waals surface area contributed by atoms with Gasteiger partial charge in [0.05, 0.1) is 0 Å². The van der Waals surface area contributed by atoms with Crippen LogP contribution in [0.15, 0.2) is 0 Å². The summed E-state index contributed by atoms with van der Waals surface area (Å²) in [7, 11) is 0. The summed E-state index contributed by atoms with van der Waals surface area (Å²) in [6.45, 7) is -5.18. The van der Waals surface area contributed by atoms with Crippen molar-refractivity contribution in [3.05, 3.63) is 0 Å². The highest BCUT2D eigenvalue weighted by molar-refractivity contribution is 5.98. The van der Waals surface area contributed by atoms with Gasteiger partial charge in [-0.15, -0.1) is 0 Å². The molecule has 18 saturated heterocycles. The summed E-state index contributed by atoms with van der Waals surface area (Å²) in [5.41, 5.74) is -12.8. The standard InChI is InChI=1S/C52H60N24O12/c77-33-53-17-61-37(81)63-19-55-30-32-59(35(55)79)23-67-41(85)71-27-75-43(87)73-25-69-39(83)65-21-57(33)31-29(53)54-18-62-38(82)64(46(63)10-2-1-9-45(46,61)62)20-56(30)36(80)60(32)24-68-42(86)72(50(71)14-6-4-12-48(50,67)68)28-76-44(88)74(51(73)15-7-8-16-52(51,75)76)26-70-40(84)66(22-58(31)34(54)78)47(65)11-3-5-13-49(47,69)70/h29-32H,1-28H2. The van der Waals surface area contributed by atoms with E-state index in [-0.39, 0.29) is 51.4 Å². The second kappa shape index (κ2) is 13.3. The van der Waals surface area contributed by atoms with Gasteiger partial charge in [0.2, 0.25) is 0 Å². The van der Waals surface area contributed by atoms with Crippen LogP contribution in [0.4, 0.5) is 57.5 Å². The van der Waals surface area contributed by atoms with E-state index >= 15 is 57.5 Å². The van der Waals surface area contributed by atoms with Gasteiger partial charge in [-0.1, -0.05) is 0 Å². The molecule has 18 aliphatic heterocycles. The molecule has 24 amide bonds. The van der Waals surface area contributed by atoms with Gasteiger partial charge in [-0.25, -0.2) is 57.5 Å². The Morgan fingerprint density at radius 2 is 0.284 bits per heavy atom. The summed E-state index contributed by atoms with van der Waals surface area (Å²) in [5.74, 6) is 0. The first kappa shape index (κ1) is 47.3. The molecule has 36 heteroatoms. The van der Waals surface area contributed by atoms with E-state index in [4.69, 9.17) is 0 Å². The molecule has 22 rings (SSSR count). The molecule has 22 fully saturated rings. The van der Waals surface area contributed by atoms with E-state index in [1.54, 1.807) is 78.4 Å². The molecule has 0 aromatic rings. The van der Waals surface area contributed by atoms with Crippen LogP contribution in [0.2, 0.25) is 0 Å². The van der Waals surface area contributed by atoms with Crippen molar-refractivity contribution in [3.63, 3.8) is 0 Å². The molecule has 0 unspecified atom stereocenters. The van der Waals surface area contributed by atoms with Gasteiger partial charge in [0.15, 0.2) is 70.0 Å². The molecule has 0 bridgehead atoms. The van der Waals surface area contributed by atoms with Gasteiger partial charge in [-0.3, -0.25) is 118 Å². The first-order valence-corrected chi connectivity index (χ1v) is 31.5. The van der Waals surface area contributed by atoms with Crippen molar-refractivity contribution in [2.75, 3.05) is 80.0 Å². The molecule has 8 spiro atoms. The Hall–Kier alpha value is -8.76. The predicted molar refractivity (Wildman–Crippen MR) is 278 cm³/mol. The van der Waals surface area contributed by atoms with Gasteiger partial charge in [0, 0.05) is 0 Å². The average Bonchev–Trinajstić information content (AvgIpc) is 1.47. The number of hydrogen-bond donors (Lipinski definition) is 0. The van der Waals surface area contributed by atoms with Crippen molar-refractivity contribution in [3.8, 4) is 0 Å². The minimum Gasteiger partial charge on any atom is -0.282 e. The molecule has 0 aromatic carbocycles. The molecule has 4 aliphatic carbocycles. The van der Waals surface area contributed by atoms with Crippen LogP contribution >= 0.6 is 0 Å². The quantitative estimate of drug-likeness (QED) is 0.300. The topological polar surface area (TPSA) is 283 Å². The van der Waals surface area contributed by atoms with Crippen LogP contribution in [-0.2, 0) is 0 Å². The molecule has 0 atom stereocenters. The Labute approximate surface area is 498 Å². The first-order chi connectivity index (χ1) is 42.5. The van der Waals surface area contributed by atoms with Crippen LogP contribution < -0.4 is 0 Å². The molecule has 0 radical (unpaired) electrons. The number of amides is 24. The van der Waals surface area contributed by atoms with Crippen molar-refractivity contribution in [2.45, 2.75) is 173 Å². The zero-order valence-corrected chi connectivity index (χ0v) is 47.7. The SMILES string of the molecule is O=C1N2CN3C(=O)N4CN5C(=O)N6CN7C(=O)N8CN9C(=O)N%10CN%11C(=O)N%12CN1C1C2N2CN%13C(=O)N(CN%14C(=O)N(CN%15C(=O)N(CN%16C(=O)N(CN%17C(=O)N(CN1C2=O)C%121CCCCC%11%171)C%101CCCCC9%161)C81CCCCC7%151)C6C5%14)C41CCCCC3%131. The maximum absolute atomic E-state index is 16.7. The van der Waals surface area contributed by atoms with Gasteiger partial charge in [0.1, 0.15) is 80.0 Å². The molecule has 0 N–H and O–H groups in total. The van der Waals surface area contributed by atoms with Gasteiger partial charge >= 0.3 is 72.4 Å². The monoisotopic (exact) mass is 1210 g/mol. The lowest BCUT2D eigenvalue weighted by Crippen LogP contribution is -2.78. The number of rotatable bonds is 0. The summed E-state index contributed by atoms with van der Waals surface area (Å²) in [4.78, 5) is 233. The fourth-order valence-electron chi connectivity index (χ4n) is 24.4. The highest BCUT2D eigenvalue weighted by atomic mass is 16.3. The molecular weight excluding hydrogens is 1150 g/mol. The summed E-state index contributed by atoms with van der Waals surface area (Å²) >= 11 is 0. The Morgan fingerprint density at radius 3 is 0.409 bits per heavy atom.